The number of ether oxygens (including phenoxy) is 1. The zero-order chi connectivity index (χ0) is 16.9. The molecular weight excluding hydrogens is 315 g/mol. The Morgan fingerprint density at radius 2 is 2.00 bits per heavy atom. The van der Waals surface area contributed by atoms with E-state index in [1.165, 1.54) is 0 Å². The first-order valence-corrected chi connectivity index (χ1v) is 6.91. The van der Waals surface area contributed by atoms with Crippen molar-refractivity contribution >= 4 is 29.3 Å². The van der Waals surface area contributed by atoms with Gasteiger partial charge in [0.15, 0.2) is 0 Å². The first kappa shape index (κ1) is 18.0. The minimum absolute atomic E-state index is 0.0359. The van der Waals surface area contributed by atoms with Gasteiger partial charge < -0.3 is 20.5 Å². The van der Waals surface area contributed by atoms with Crippen LogP contribution in [0.25, 0.3) is 0 Å². The van der Waals surface area contributed by atoms with Gasteiger partial charge in [0.2, 0.25) is 5.91 Å². The second kappa shape index (κ2) is 7.31. The number of hydrogen-bond donors (Lipinski definition) is 3. The van der Waals surface area contributed by atoms with Crippen molar-refractivity contribution in [2.24, 2.45) is 0 Å². The maximum atomic E-state index is 13.5. The SMILES string of the molecule is CC(C)(C)OC(=O)NCCC(=O)Nc1cc(Cl)c(O)cc1F. The minimum Gasteiger partial charge on any atom is -0.506 e. The van der Waals surface area contributed by atoms with Gasteiger partial charge in [-0.15, -0.1) is 0 Å². The van der Waals surface area contributed by atoms with Gasteiger partial charge >= 0.3 is 6.09 Å². The van der Waals surface area contributed by atoms with Gasteiger partial charge in [0.25, 0.3) is 0 Å². The zero-order valence-corrected chi connectivity index (χ0v) is 13.3. The Morgan fingerprint density at radius 3 is 2.59 bits per heavy atom. The Labute approximate surface area is 132 Å². The molecule has 0 bridgehead atoms. The molecule has 0 heterocycles. The molecule has 3 N–H and O–H groups in total. The molecule has 0 atom stereocenters. The van der Waals surface area contributed by atoms with Crippen molar-refractivity contribution < 1.29 is 23.8 Å². The first-order valence-electron chi connectivity index (χ1n) is 6.53. The summed E-state index contributed by atoms with van der Waals surface area (Å²) in [5, 5.41) is 13.8. The lowest BCUT2D eigenvalue weighted by Crippen LogP contribution is -2.34. The van der Waals surface area contributed by atoms with Crippen LogP contribution in [0.3, 0.4) is 0 Å². The molecule has 0 aromatic heterocycles. The van der Waals surface area contributed by atoms with Gasteiger partial charge in [-0.2, -0.15) is 0 Å². The molecule has 0 aliphatic rings. The van der Waals surface area contributed by atoms with Crippen LogP contribution in [0.2, 0.25) is 5.02 Å². The summed E-state index contributed by atoms with van der Waals surface area (Å²) >= 11 is 5.64. The molecule has 0 saturated heterocycles. The van der Waals surface area contributed by atoms with Crippen molar-refractivity contribution in [3.8, 4) is 5.75 Å². The molecule has 122 valence electrons. The molecule has 0 spiro atoms. The van der Waals surface area contributed by atoms with Crippen molar-refractivity contribution in [3.63, 3.8) is 0 Å². The highest BCUT2D eigenvalue weighted by Crippen LogP contribution is 2.29. The van der Waals surface area contributed by atoms with Crippen molar-refractivity contribution in [1.82, 2.24) is 5.32 Å². The van der Waals surface area contributed by atoms with E-state index in [1.54, 1.807) is 20.8 Å². The summed E-state index contributed by atoms with van der Waals surface area (Å²) in [5.41, 5.74) is -0.775. The summed E-state index contributed by atoms with van der Waals surface area (Å²) < 4.78 is 18.5. The lowest BCUT2D eigenvalue weighted by Gasteiger charge is -2.19. The van der Waals surface area contributed by atoms with E-state index in [1.807, 2.05) is 0 Å². The van der Waals surface area contributed by atoms with Crippen LogP contribution in [0.4, 0.5) is 14.9 Å². The summed E-state index contributed by atoms with van der Waals surface area (Å²) in [7, 11) is 0. The van der Waals surface area contributed by atoms with E-state index < -0.39 is 29.2 Å². The van der Waals surface area contributed by atoms with Crippen molar-refractivity contribution in [2.75, 3.05) is 11.9 Å². The lowest BCUT2D eigenvalue weighted by atomic mass is 10.2. The molecule has 1 aromatic carbocycles. The third kappa shape index (κ3) is 6.17. The largest absolute Gasteiger partial charge is 0.506 e. The van der Waals surface area contributed by atoms with Crippen LogP contribution in [0, 0.1) is 5.82 Å². The Bertz CT molecular complexity index is 573. The summed E-state index contributed by atoms with van der Waals surface area (Å²) in [4.78, 5) is 23.0. The van der Waals surface area contributed by atoms with Crippen LogP contribution < -0.4 is 10.6 Å². The zero-order valence-electron chi connectivity index (χ0n) is 12.5. The van der Waals surface area contributed by atoms with Gasteiger partial charge in [0, 0.05) is 19.0 Å². The van der Waals surface area contributed by atoms with Crippen LogP contribution in [0.15, 0.2) is 12.1 Å². The number of aromatic hydroxyl groups is 1. The highest BCUT2D eigenvalue weighted by Gasteiger charge is 2.16. The van der Waals surface area contributed by atoms with E-state index in [-0.39, 0.29) is 23.7 Å². The smallest absolute Gasteiger partial charge is 0.407 e. The molecular formula is C14H18ClFN2O4. The molecule has 8 heteroatoms. The van der Waals surface area contributed by atoms with E-state index in [9.17, 15) is 19.1 Å². The third-order valence-corrected chi connectivity index (χ3v) is 2.63. The Hall–Kier alpha value is -2.02. The maximum absolute atomic E-state index is 13.5. The lowest BCUT2D eigenvalue weighted by molar-refractivity contribution is -0.116. The van der Waals surface area contributed by atoms with E-state index in [4.69, 9.17) is 16.3 Å². The summed E-state index contributed by atoms with van der Waals surface area (Å²) in [6.45, 7) is 5.19. The Balaban J connectivity index is 2.45. The van der Waals surface area contributed by atoms with Crippen LogP contribution in [-0.4, -0.2) is 29.3 Å². The van der Waals surface area contributed by atoms with E-state index in [0.29, 0.717) is 0 Å². The number of nitrogens with one attached hydrogen (secondary N) is 2. The summed E-state index contributed by atoms with van der Waals surface area (Å²) in [6, 6.07) is 1.91. The molecule has 0 unspecified atom stereocenters. The molecule has 0 aliphatic carbocycles. The van der Waals surface area contributed by atoms with E-state index in [2.05, 4.69) is 10.6 Å². The molecule has 1 aromatic rings. The minimum atomic E-state index is -0.810. The number of carbonyl (C=O) groups is 2. The van der Waals surface area contributed by atoms with Gasteiger partial charge in [-0.1, -0.05) is 11.6 Å². The number of phenols is 1. The summed E-state index contributed by atoms with van der Waals surface area (Å²) in [5.74, 6) is -1.74. The quantitative estimate of drug-likeness (QED) is 0.739. The molecule has 0 fully saturated rings. The molecule has 0 aliphatic heterocycles. The van der Waals surface area contributed by atoms with Gasteiger partial charge in [0.1, 0.15) is 17.2 Å². The number of anilines is 1. The summed E-state index contributed by atoms with van der Waals surface area (Å²) in [6.07, 6.45) is -0.712. The molecule has 1 rings (SSSR count). The molecule has 22 heavy (non-hydrogen) atoms. The average Bonchev–Trinajstić information content (AvgIpc) is 2.33. The van der Waals surface area contributed by atoms with Gasteiger partial charge in [-0.3, -0.25) is 4.79 Å². The first-order chi connectivity index (χ1) is 10.1. The van der Waals surface area contributed by atoms with Crippen LogP contribution >= 0.6 is 11.6 Å². The fraction of sp³-hybridized carbons (Fsp3) is 0.429. The number of alkyl carbamates (subject to hydrolysis) is 1. The van der Waals surface area contributed by atoms with E-state index in [0.717, 1.165) is 12.1 Å². The number of benzene rings is 1. The highest BCUT2D eigenvalue weighted by molar-refractivity contribution is 6.32. The number of halogens is 2. The van der Waals surface area contributed by atoms with Crippen LogP contribution in [0.1, 0.15) is 27.2 Å². The Morgan fingerprint density at radius 1 is 1.36 bits per heavy atom. The predicted molar refractivity (Wildman–Crippen MR) is 80.6 cm³/mol. The molecule has 0 radical (unpaired) electrons. The van der Waals surface area contributed by atoms with Crippen LogP contribution in [-0.2, 0) is 9.53 Å². The fourth-order valence-electron chi connectivity index (χ4n) is 1.44. The van der Waals surface area contributed by atoms with Crippen molar-refractivity contribution in [1.29, 1.82) is 0 Å². The topological polar surface area (TPSA) is 87.7 Å². The molecule has 6 nitrogen and oxygen atoms in total. The monoisotopic (exact) mass is 332 g/mol. The normalized spacial score (nSPS) is 11.0. The number of carbonyl (C=O) groups excluding carboxylic acids is 2. The van der Waals surface area contributed by atoms with Crippen molar-refractivity contribution in [3.05, 3.63) is 23.0 Å². The number of rotatable bonds is 4. The molecule has 0 saturated carbocycles. The molecule has 2 amide bonds. The van der Waals surface area contributed by atoms with E-state index >= 15 is 0 Å². The van der Waals surface area contributed by atoms with Crippen molar-refractivity contribution in [2.45, 2.75) is 32.8 Å². The second-order valence-electron chi connectivity index (χ2n) is 5.51. The van der Waals surface area contributed by atoms with Crippen LogP contribution in [0.5, 0.6) is 5.75 Å². The van der Waals surface area contributed by atoms with Gasteiger partial charge in [-0.25, -0.2) is 9.18 Å². The predicted octanol–water partition coefficient (Wildman–Crippen LogP) is 3.04. The standard InChI is InChI=1S/C14H18ClFN2O4/c1-14(2,3)22-13(21)17-5-4-12(20)18-10-6-8(15)11(19)7-9(10)16/h6-7,19H,4-5H2,1-3H3,(H,17,21)(H,18,20). The maximum Gasteiger partial charge on any atom is 0.407 e. The number of phenolic OH excluding ortho intramolecular Hbond substituents is 1. The third-order valence-electron chi connectivity index (χ3n) is 2.33. The second-order valence-corrected chi connectivity index (χ2v) is 5.92. The Kier molecular flexibility index (Phi) is 5.99. The number of hydrogen-bond acceptors (Lipinski definition) is 4. The van der Waals surface area contributed by atoms with Gasteiger partial charge in [-0.05, 0) is 26.8 Å². The highest BCUT2D eigenvalue weighted by atomic mass is 35.5. The fourth-order valence-corrected chi connectivity index (χ4v) is 1.60. The average molecular weight is 333 g/mol. The van der Waals surface area contributed by atoms with Gasteiger partial charge in [0.05, 0.1) is 10.7 Å². The number of amides is 2.